The molecule has 2 heterocycles. The Bertz CT molecular complexity index is 886. The average molecular weight is 421 g/mol. The maximum absolute atomic E-state index is 12.8. The van der Waals surface area contributed by atoms with Crippen LogP contribution in [0.25, 0.3) is 11.5 Å². The van der Waals surface area contributed by atoms with Crippen LogP contribution in [-0.2, 0) is 17.5 Å². The standard InChI is InChI=1S/C22H26F3N3O2/c1-15-19(26-21(30-15)16-7-9-17(10-8-16)22(23,24)25)13-27-11-12-28(20(29)14-27)18-5-3-2-4-6-18/h7-10,18H,2-6,11-14H2,1H3. The van der Waals surface area contributed by atoms with Gasteiger partial charge in [-0.15, -0.1) is 0 Å². The molecule has 1 aromatic carbocycles. The molecule has 0 radical (unpaired) electrons. The zero-order chi connectivity index (χ0) is 21.3. The van der Waals surface area contributed by atoms with E-state index >= 15 is 0 Å². The zero-order valence-corrected chi connectivity index (χ0v) is 17.0. The molecule has 0 unspecified atom stereocenters. The number of rotatable bonds is 4. The molecule has 0 N–H and O–H groups in total. The first-order valence-corrected chi connectivity index (χ1v) is 10.5. The van der Waals surface area contributed by atoms with Crippen molar-refractivity contribution in [3.63, 3.8) is 0 Å². The fraction of sp³-hybridized carbons (Fsp3) is 0.545. The highest BCUT2D eigenvalue weighted by molar-refractivity contribution is 5.79. The first kappa shape index (κ1) is 20.9. The van der Waals surface area contributed by atoms with Crippen LogP contribution in [0, 0.1) is 6.92 Å². The molecule has 1 saturated heterocycles. The second kappa shape index (κ2) is 8.41. The molecule has 1 aromatic heterocycles. The van der Waals surface area contributed by atoms with Crippen molar-refractivity contribution < 1.29 is 22.4 Å². The predicted octanol–water partition coefficient (Wildman–Crippen LogP) is 4.65. The number of aromatic nitrogens is 1. The van der Waals surface area contributed by atoms with Gasteiger partial charge in [-0.1, -0.05) is 19.3 Å². The molecule has 2 aliphatic rings. The van der Waals surface area contributed by atoms with Crippen LogP contribution < -0.4 is 0 Å². The van der Waals surface area contributed by atoms with E-state index in [1.54, 1.807) is 6.92 Å². The minimum atomic E-state index is -4.37. The number of nitrogens with zero attached hydrogens (tertiary/aromatic N) is 3. The number of carbonyl (C=O) groups is 1. The number of benzene rings is 1. The number of carbonyl (C=O) groups excluding carboxylic acids is 1. The van der Waals surface area contributed by atoms with E-state index in [-0.39, 0.29) is 5.91 Å². The van der Waals surface area contributed by atoms with E-state index in [2.05, 4.69) is 9.88 Å². The summed E-state index contributed by atoms with van der Waals surface area (Å²) in [7, 11) is 0. The van der Waals surface area contributed by atoms with Gasteiger partial charge in [-0.05, 0) is 44.0 Å². The third-order valence-electron chi connectivity index (χ3n) is 6.08. The third kappa shape index (κ3) is 4.53. The molecular weight excluding hydrogens is 395 g/mol. The number of hydrogen-bond donors (Lipinski definition) is 0. The van der Waals surface area contributed by atoms with E-state index in [9.17, 15) is 18.0 Å². The van der Waals surface area contributed by atoms with Crippen LogP contribution in [0.2, 0.25) is 0 Å². The van der Waals surface area contributed by atoms with Crippen LogP contribution in [0.5, 0.6) is 0 Å². The van der Waals surface area contributed by atoms with Crippen LogP contribution >= 0.6 is 0 Å². The summed E-state index contributed by atoms with van der Waals surface area (Å²) in [5, 5.41) is 0. The highest BCUT2D eigenvalue weighted by atomic mass is 19.4. The Morgan fingerprint density at radius 1 is 1.10 bits per heavy atom. The van der Waals surface area contributed by atoms with Gasteiger partial charge in [-0.2, -0.15) is 13.2 Å². The zero-order valence-electron chi connectivity index (χ0n) is 17.0. The van der Waals surface area contributed by atoms with Gasteiger partial charge in [0, 0.05) is 31.2 Å². The van der Waals surface area contributed by atoms with Gasteiger partial charge in [-0.3, -0.25) is 9.69 Å². The van der Waals surface area contributed by atoms with Crippen molar-refractivity contribution >= 4 is 5.91 Å². The first-order chi connectivity index (χ1) is 14.3. The minimum absolute atomic E-state index is 0.164. The molecule has 5 nitrogen and oxygen atoms in total. The largest absolute Gasteiger partial charge is 0.441 e. The summed E-state index contributed by atoms with van der Waals surface area (Å²) in [5.74, 6) is 1.08. The summed E-state index contributed by atoms with van der Waals surface area (Å²) < 4.78 is 44.0. The van der Waals surface area contributed by atoms with Crippen molar-refractivity contribution in [3.05, 3.63) is 41.3 Å². The Balaban J connectivity index is 1.40. The molecule has 1 saturated carbocycles. The Kier molecular flexibility index (Phi) is 5.86. The lowest BCUT2D eigenvalue weighted by Gasteiger charge is -2.40. The van der Waals surface area contributed by atoms with E-state index < -0.39 is 11.7 Å². The van der Waals surface area contributed by atoms with Gasteiger partial charge in [-0.25, -0.2) is 4.98 Å². The molecule has 30 heavy (non-hydrogen) atoms. The maximum atomic E-state index is 12.8. The molecule has 1 amide bonds. The molecule has 2 fully saturated rings. The molecule has 8 heteroatoms. The molecule has 4 rings (SSSR count). The van der Waals surface area contributed by atoms with Gasteiger partial charge in [0.2, 0.25) is 11.8 Å². The van der Waals surface area contributed by atoms with Crippen molar-refractivity contribution in [1.82, 2.24) is 14.8 Å². The lowest BCUT2D eigenvalue weighted by atomic mass is 9.93. The molecule has 2 aromatic rings. The summed E-state index contributed by atoms with van der Waals surface area (Å²) in [6, 6.07) is 5.16. The third-order valence-corrected chi connectivity index (χ3v) is 6.08. The van der Waals surface area contributed by atoms with Crippen molar-refractivity contribution in [2.24, 2.45) is 0 Å². The van der Waals surface area contributed by atoms with Crippen LogP contribution in [0.15, 0.2) is 28.7 Å². The summed E-state index contributed by atoms with van der Waals surface area (Å²) >= 11 is 0. The van der Waals surface area contributed by atoms with Gasteiger partial charge >= 0.3 is 6.18 Å². The number of aryl methyl sites for hydroxylation is 1. The van der Waals surface area contributed by atoms with Crippen LogP contribution in [0.4, 0.5) is 13.2 Å². The molecule has 0 spiro atoms. The fourth-order valence-electron chi connectivity index (χ4n) is 4.36. The molecule has 0 atom stereocenters. The smallest absolute Gasteiger partial charge is 0.416 e. The van der Waals surface area contributed by atoms with Crippen LogP contribution in [-0.4, -0.2) is 46.4 Å². The minimum Gasteiger partial charge on any atom is -0.441 e. The molecule has 0 bridgehead atoms. The topological polar surface area (TPSA) is 49.6 Å². The second-order valence-electron chi connectivity index (χ2n) is 8.19. The average Bonchev–Trinajstić information content (AvgIpc) is 3.08. The Morgan fingerprint density at radius 2 is 1.80 bits per heavy atom. The van der Waals surface area contributed by atoms with Gasteiger partial charge in [0.25, 0.3) is 0 Å². The lowest BCUT2D eigenvalue weighted by Crippen LogP contribution is -2.54. The SMILES string of the molecule is Cc1oc(-c2ccc(C(F)(F)F)cc2)nc1CN1CCN(C2CCCCC2)C(=O)C1. The quantitative estimate of drug-likeness (QED) is 0.721. The fourth-order valence-corrected chi connectivity index (χ4v) is 4.36. The van der Waals surface area contributed by atoms with E-state index in [1.165, 1.54) is 31.4 Å². The van der Waals surface area contributed by atoms with E-state index in [4.69, 9.17) is 4.42 Å². The Morgan fingerprint density at radius 3 is 2.43 bits per heavy atom. The normalized spacial score (nSPS) is 19.5. The summed E-state index contributed by atoms with van der Waals surface area (Å²) in [5.41, 5.74) is 0.503. The van der Waals surface area contributed by atoms with Gasteiger partial charge in [0.15, 0.2) is 0 Å². The predicted molar refractivity (Wildman–Crippen MR) is 106 cm³/mol. The number of piperazine rings is 1. The molecule has 1 aliphatic carbocycles. The number of halogens is 3. The maximum Gasteiger partial charge on any atom is 0.416 e. The van der Waals surface area contributed by atoms with Crippen LogP contribution in [0.1, 0.15) is 49.1 Å². The number of oxazole rings is 1. The first-order valence-electron chi connectivity index (χ1n) is 10.5. The van der Waals surface area contributed by atoms with Crippen molar-refractivity contribution in [2.45, 2.75) is 57.8 Å². The highest BCUT2D eigenvalue weighted by Gasteiger charge is 2.32. The monoisotopic (exact) mass is 421 g/mol. The Hall–Kier alpha value is -2.35. The summed E-state index contributed by atoms with van der Waals surface area (Å²) in [6.07, 6.45) is 1.49. The molecular formula is C22H26F3N3O2. The Labute approximate surface area is 173 Å². The molecule has 1 aliphatic heterocycles. The van der Waals surface area contributed by atoms with E-state index in [1.807, 2.05) is 4.90 Å². The lowest BCUT2D eigenvalue weighted by molar-refractivity contribution is -0.140. The molecule has 162 valence electrons. The number of hydrogen-bond acceptors (Lipinski definition) is 4. The van der Waals surface area contributed by atoms with Gasteiger partial charge in [0.1, 0.15) is 5.76 Å². The highest BCUT2D eigenvalue weighted by Crippen LogP contribution is 2.31. The van der Waals surface area contributed by atoms with Crippen molar-refractivity contribution in [3.8, 4) is 11.5 Å². The number of amides is 1. The second-order valence-corrected chi connectivity index (χ2v) is 8.19. The van der Waals surface area contributed by atoms with E-state index in [0.29, 0.717) is 42.0 Å². The summed E-state index contributed by atoms with van der Waals surface area (Å²) in [4.78, 5) is 21.3. The number of alkyl halides is 3. The summed E-state index contributed by atoms with van der Waals surface area (Å²) in [6.45, 7) is 4.14. The van der Waals surface area contributed by atoms with Crippen LogP contribution in [0.3, 0.4) is 0 Å². The van der Waals surface area contributed by atoms with Crippen molar-refractivity contribution in [2.75, 3.05) is 19.6 Å². The van der Waals surface area contributed by atoms with E-state index in [0.717, 1.165) is 38.1 Å². The van der Waals surface area contributed by atoms with Gasteiger partial charge in [0.05, 0.1) is 17.8 Å². The van der Waals surface area contributed by atoms with Crippen molar-refractivity contribution in [1.29, 1.82) is 0 Å². The van der Waals surface area contributed by atoms with Gasteiger partial charge < -0.3 is 9.32 Å².